The summed E-state index contributed by atoms with van der Waals surface area (Å²) in [6.07, 6.45) is 6.88. The van der Waals surface area contributed by atoms with Gasteiger partial charge in [-0.05, 0) is 31.6 Å². The highest BCUT2D eigenvalue weighted by atomic mass is 16.5. The summed E-state index contributed by atoms with van der Waals surface area (Å²) in [6.45, 7) is 3.00. The molecular weight excluding hydrogens is 218 g/mol. The van der Waals surface area contributed by atoms with E-state index in [2.05, 4.69) is 6.92 Å². The Labute approximate surface area is 104 Å². The van der Waals surface area contributed by atoms with Crippen molar-refractivity contribution in [3.05, 3.63) is 0 Å². The van der Waals surface area contributed by atoms with Crippen LogP contribution in [0, 0.1) is 5.92 Å². The fourth-order valence-corrected chi connectivity index (χ4v) is 2.66. The van der Waals surface area contributed by atoms with Crippen molar-refractivity contribution < 1.29 is 14.6 Å². The van der Waals surface area contributed by atoms with Crippen molar-refractivity contribution in [3.63, 3.8) is 0 Å². The molecule has 0 radical (unpaired) electrons. The zero-order valence-corrected chi connectivity index (χ0v) is 10.8. The standard InChI is InChI=1S/C13H25NO3/c1-2-3-11-4-7-13(10-14,8-5-11)17-9-6-12(15)16/h11H,2-10,14H2,1H3,(H,15,16). The van der Waals surface area contributed by atoms with Crippen LogP contribution in [0.15, 0.2) is 0 Å². The molecule has 0 aromatic rings. The van der Waals surface area contributed by atoms with Gasteiger partial charge in [-0.15, -0.1) is 0 Å². The summed E-state index contributed by atoms with van der Waals surface area (Å²) in [5, 5.41) is 8.60. The predicted molar refractivity (Wildman–Crippen MR) is 66.9 cm³/mol. The highest BCUT2D eigenvalue weighted by molar-refractivity contribution is 5.66. The molecule has 0 amide bonds. The highest BCUT2D eigenvalue weighted by Gasteiger charge is 2.34. The molecule has 0 saturated heterocycles. The number of aliphatic carboxylic acids is 1. The van der Waals surface area contributed by atoms with E-state index in [1.54, 1.807) is 0 Å². The Bertz CT molecular complexity index is 235. The maximum absolute atomic E-state index is 10.5. The molecule has 0 unspecified atom stereocenters. The molecule has 17 heavy (non-hydrogen) atoms. The van der Waals surface area contributed by atoms with Crippen molar-refractivity contribution in [1.82, 2.24) is 0 Å². The van der Waals surface area contributed by atoms with Gasteiger partial charge in [-0.2, -0.15) is 0 Å². The Kier molecular flexibility index (Phi) is 5.92. The lowest BCUT2D eigenvalue weighted by Gasteiger charge is -2.39. The molecular formula is C13H25NO3. The second kappa shape index (κ2) is 6.97. The van der Waals surface area contributed by atoms with Gasteiger partial charge in [-0.1, -0.05) is 19.8 Å². The zero-order chi connectivity index (χ0) is 12.7. The summed E-state index contributed by atoms with van der Waals surface area (Å²) >= 11 is 0. The number of rotatable bonds is 7. The number of carboxylic acids is 1. The molecule has 0 atom stereocenters. The van der Waals surface area contributed by atoms with Gasteiger partial charge in [0.2, 0.25) is 0 Å². The Morgan fingerprint density at radius 1 is 1.47 bits per heavy atom. The first-order valence-corrected chi connectivity index (χ1v) is 6.67. The van der Waals surface area contributed by atoms with Crippen LogP contribution in [-0.2, 0) is 9.53 Å². The molecule has 1 saturated carbocycles. The topological polar surface area (TPSA) is 72.5 Å². The maximum atomic E-state index is 10.5. The minimum absolute atomic E-state index is 0.0696. The average molecular weight is 243 g/mol. The molecule has 0 spiro atoms. The Balaban J connectivity index is 2.35. The normalized spacial score (nSPS) is 29.2. The van der Waals surface area contributed by atoms with Gasteiger partial charge in [0.1, 0.15) is 0 Å². The number of carbonyl (C=O) groups is 1. The van der Waals surface area contributed by atoms with Crippen LogP contribution >= 0.6 is 0 Å². The number of hydrogen-bond acceptors (Lipinski definition) is 3. The number of nitrogens with two attached hydrogens (primary N) is 1. The lowest BCUT2D eigenvalue weighted by Crippen LogP contribution is -2.44. The summed E-state index contributed by atoms with van der Waals surface area (Å²) in [5.74, 6) is -0.000380. The molecule has 0 aromatic heterocycles. The molecule has 0 bridgehead atoms. The molecule has 100 valence electrons. The third-order valence-electron chi connectivity index (χ3n) is 3.81. The first kappa shape index (κ1) is 14.5. The molecule has 4 heteroatoms. The van der Waals surface area contributed by atoms with Crippen molar-refractivity contribution >= 4 is 5.97 Å². The fraction of sp³-hybridized carbons (Fsp3) is 0.923. The fourth-order valence-electron chi connectivity index (χ4n) is 2.66. The minimum Gasteiger partial charge on any atom is -0.481 e. The molecule has 0 heterocycles. The molecule has 0 aromatic carbocycles. The first-order chi connectivity index (χ1) is 8.12. The van der Waals surface area contributed by atoms with Gasteiger partial charge in [0.05, 0.1) is 18.6 Å². The van der Waals surface area contributed by atoms with Crippen LogP contribution in [0.3, 0.4) is 0 Å². The van der Waals surface area contributed by atoms with Gasteiger partial charge in [0, 0.05) is 6.54 Å². The highest BCUT2D eigenvalue weighted by Crippen LogP contribution is 2.36. The molecule has 1 rings (SSSR count). The minimum atomic E-state index is -0.808. The third-order valence-corrected chi connectivity index (χ3v) is 3.81. The van der Waals surface area contributed by atoms with Crippen molar-refractivity contribution in [1.29, 1.82) is 0 Å². The Hall–Kier alpha value is -0.610. The van der Waals surface area contributed by atoms with Gasteiger partial charge in [-0.3, -0.25) is 4.79 Å². The van der Waals surface area contributed by atoms with Crippen molar-refractivity contribution in [2.75, 3.05) is 13.2 Å². The van der Waals surface area contributed by atoms with Crippen LogP contribution in [0.1, 0.15) is 51.9 Å². The number of carboxylic acid groups (broad SMARTS) is 1. The summed E-state index contributed by atoms with van der Waals surface area (Å²) in [7, 11) is 0. The van der Waals surface area contributed by atoms with Gasteiger partial charge in [0.25, 0.3) is 0 Å². The third kappa shape index (κ3) is 4.64. The quantitative estimate of drug-likeness (QED) is 0.718. The average Bonchev–Trinajstić information content (AvgIpc) is 2.31. The van der Waals surface area contributed by atoms with E-state index in [9.17, 15) is 4.79 Å². The second-order valence-corrected chi connectivity index (χ2v) is 5.11. The van der Waals surface area contributed by atoms with Gasteiger partial charge < -0.3 is 15.6 Å². The molecule has 1 aliphatic carbocycles. The predicted octanol–water partition coefficient (Wildman–Crippen LogP) is 2.17. The monoisotopic (exact) mass is 243 g/mol. The van der Waals surface area contributed by atoms with E-state index in [1.807, 2.05) is 0 Å². The Morgan fingerprint density at radius 3 is 2.59 bits per heavy atom. The van der Waals surface area contributed by atoms with E-state index in [0.717, 1.165) is 31.6 Å². The van der Waals surface area contributed by atoms with Crippen LogP contribution < -0.4 is 5.73 Å². The smallest absolute Gasteiger partial charge is 0.305 e. The van der Waals surface area contributed by atoms with Crippen LogP contribution in [0.4, 0.5) is 0 Å². The van der Waals surface area contributed by atoms with Crippen molar-refractivity contribution in [3.8, 4) is 0 Å². The molecule has 4 nitrogen and oxygen atoms in total. The number of ether oxygens (including phenoxy) is 1. The molecule has 0 aliphatic heterocycles. The SMILES string of the molecule is CCCC1CCC(CN)(OCCC(=O)O)CC1. The van der Waals surface area contributed by atoms with E-state index in [4.69, 9.17) is 15.6 Å². The molecule has 1 fully saturated rings. The molecule has 3 N–H and O–H groups in total. The first-order valence-electron chi connectivity index (χ1n) is 6.67. The van der Waals surface area contributed by atoms with E-state index in [-0.39, 0.29) is 18.6 Å². The van der Waals surface area contributed by atoms with Crippen molar-refractivity contribution in [2.45, 2.75) is 57.5 Å². The summed E-state index contributed by atoms with van der Waals surface area (Å²) < 4.78 is 5.75. The van der Waals surface area contributed by atoms with Crippen LogP contribution in [0.2, 0.25) is 0 Å². The Morgan fingerprint density at radius 2 is 2.12 bits per heavy atom. The second-order valence-electron chi connectivity index (χ2n) is 5.11. The van der Waals surface area contributed by atoms with Crippen molar-refractivity contribution in [2.24, 2.45) is 11.7 Å². The van der Waals surface area contributed by atoms with E-state index in [1.165, 1.54) is 12.8 Å². The van der Waals surface area contributed by atoms with E-state index < -0.39 is 5.97 Å². The summed E-state index contributed by atoms with van der Waals surface area (Å²) in [4.78, 5) is 10.5. The van der Waals surface area contributed by atoms with Crippen LogP contribution in [-0.4, -0.2) is 29.8 Å². The lowest BCUT2D eigenvalue weighted by atomic mass is 9.77. The zero-order valence-electron chi connectivity index (χ0n) is 10.8. The van der Waals surface area contributed by atoms with Gasteiger partial charge >= 0.3 is 5.97 Å². The van der Waals surface area contributed by atoms with Gasteiger partial charge in [-0.25, -0.2) is 0 Å². The summed E-state index contributed by atoms with van der Waals surface area (Å²) in [6, 6.07) is 0. The van der Waals surface area contributed by atoms with E-state index >= 15 is 0 Å². The lowest BCUT2D eigenvalue weighted by molar-refractivity contribution is -0.141. The summed E-state index contributed by atoms with van der Waals surface area (Å²) in [5.41, 5.74) is 5.55. The van der Waals surface area contributed by atoms with Crippen LogP contribution in [0.25, 0.3) is 0 Å². The van der Waals surface area contributed by atoms with E-state index in [0.29, 0.717) is 6.54 Å². The van der Waals surface area contributed by atoms with Gasteiger partial charge in [0.15, 0.2) is 0 Å². The maximum Gasteiger partial charge on any atom is 0.305 e. The largest absolute Gasteiger partial charge is 0.481 e. The van der Waals surface area contributed by atoms with Crippen LogP contribution in [0.5, 0.6) is 0 Å². The molecule has 1 aliphatic rings. The number of hydrogen-bond donors (Lipinski definition) is 2.